The molecular formula is C21H33N5O3S. The molecule has 1 fully saturated rings. The summed E-state index contributed by atoms with van der Waals surface area (Å²) in [6.45, 7) is 10.1. The van der Waals surface area contributed by atoms with Crippen LogP contribution in [0.25, 0.3) is 0 Å². The van der Waals surface area contributed by atoms with E-state index in [2.05, 4.69) is 31.9 Å². The fourth-order valence-electron chi connectivity index (χ4n) is 3.33. The Bertz CT molecular complexity index is 770. The number of carbonyl (C=O) groups excluding carboxylic acids is 1. The van der Waals surface area contributed by atoms with Crippen LogP contribution in [0.15, 0.2) is 28.0 Å². The van der Waals surface area contributed by atoms with Crippen LogP contribution in [0.5, 0.6) is 0 Å². The number of furan rings is 1. The van der Waals surface area contributed by atoms with Crippen LogP contribution in [-0.2, 0) is 16.1 Å². The third kappa shape index (κ3) is 6.77. The van der Waals surface area contributed by atoms with Crippen LogP contribution in [-0.4, -0.2) is 58.8 Å². The Balaban J connectivity index is 1.57. The highest BCUT2D eigenvalue weighted by Crippen LogP contribution is 2.27. The standard InChI is InChI=1S/C21H33N5O3S/c1-16(2)28-13-5-9-22-19(27)15-30-21-24-23-20(25-10-7-17(3)8-11-25)26(21)14-18-6-4-12-29-18/h4,6,12,16-17H,5,7-11,13-15H2,1-3H3,(H,22,27). The Morgan fingerprint density at radius 1 is 1.37 bits per heavy atom. The number of carbonyl (C=O) groups is 1. The van der Waals surface area contributed by atoms with Crippen molar-refractivity contribution in [3.63, 3.8) is 0 Å². The fourth-order valence-corrected chi connectivity index (χ4v) is 4.09. The van der Waals surface area contributed by atoms with Crippen LogP contribution in [0, 0.1) is 5.92 Å². The molecule has 0 aliphatic carbocycles. The van der Waals surface area contributed by atoms with Gasteiger partial charge < -0.3 is 19.4 Å². The van der Waals surface area contributed by atoms with E-state index in [1.54, 1.807) is 6.26 Å². The number of amides is 1. The van der Waals surface area contributed by atoms with E-state index in [0.717, 1.165) is 55.1 Å². The number of hydrogen-bond acceptors (Lipinski definition) is 7. The number of hydrogen-bond donors (Lipinski definition) is 1. The van der Waals surface area contributed by atoms with Crippen molar-refractivity contribution in [3.05, 3.63) is 24.2 Å². The maximum Gasteiger partial charge on any atom is 0.230 e. The molecule has 1 aliphatic rings. The highest BCUT2D eigenvalue weighted by molar-refractivity contribution is 7.99. The van der Waals surface area contributed by atoms with Crippen LogP contribution in [0.3, 0.4) is 0 Å². The van der Waals surface area contributed by atoms with Crippen LogP contribution >= 0.6 is 11.8 Å². The van der Waals surface area contributed by atoms with Crippen molar-refractivity contribution in [2.75, 3.05) is 36.9 Å². The molecule has 9 heteroatoms. The third-order valence-electron chi connectivity index (χ3n) is 5.08. The summed E-state index contributed by atoms with van der Waals surface area (Å²) in [7, 11) is 0. The van der Waals surface area contributed by atoms with Crippen molar-refractivity contribution >= 4 is 23.6 Å². The van der Waals surface area contributed by atoms with Gasteiger partial charge in [0.1, 0.15) is 5.76 Å². The fraction of sp³-hybridized carbons (Fsp3) is 0.667. The van der Waals surface area contributed by atoms with Gasteiger partial charge in [0.05, 0.1) is 24.7 Å². The van der Waals surface area contributed by atoms with Gasteiger partial charge in [0, 0.05) is 26.2 Å². The van der Waals surface area contributed by atoms with Crippen molar-refractivity contribution in [3.8, 4) is 0 Å². The van der Waals surface area contributed by atoms with Gasteiger partial charge in [-0.25, -0.2) is 0 Å². The lowest BCUT2D eigenvalue weighted by Gasteiger charge is -2.31. The van der Waals surface area contributed by atoms with Gasteiger partial charge in [-0.05, 0) is 51.2 Å². The lowest BCUT2D eigenvalue weighted by Crippen LogP contribution is -2.35. The summed E-state index contributed by atoms with van der Waals surface area (Å²) < 4.78 is 13.1. The number of aromatic nitrogens is 3. The molecule has 1 amide bonds. The van der Waals surface area contributed by atoms with Gasteiger partial charge in [-0.1, -0.05) is 18.7 Å². The monoisotopic (exact) mass is 435 g/mol. The second-order valence-electron chi connectivity index (χ2n) is 8.03. The van der Waals surface area contributed by atoms with E-state index in [1.165, 1.54) is 11.8 Å². The summed E-state index contributed by atoms with van der Waals surface area (Å²) >= 11 is 1.41. The van der Waals surface area contributed by atoms with Gasteiger partial charge in [-0.2, -0.15) is 0 Å². The first-order valence-electron chi connectivity index (χ1n) is 10.7. The van der Waals surface area contributed by atoms with E-state index in [9.17, 15) is 4.79 Å². The van der Waals surface area contributed by atoms with Crippen LogP contribution in [0.1, 0.15) is 45.8 Å². The van der Waals surface area contributed by atoms with E-state index in [-0.39, 0.29) is 12.0 Å². The second-order valence-corrected chi connectivity index (χ2v) is 8.97. The molecule has 3 rings (SSSR count). The predicted molar refractivity (Wildman–Crippen MR) is 118 cm³/mol. The molecule has 2 aromatic rings. The summed E-state index contributed by atoms with van der Waals surface area (Å²) in [5.74, 6) is 2.74. The van der Waals surface area contributed by atoms with Gasteiger partial charge >= 0.3 is 0 Å². The lowest BCUT2D eigenvalue weighted by molar-refractivity contribution is -0.118. The molecule has 1 aliphatic heterocycles. The van der Waals surface area contributed by atoms with Crippen molar-refractivity contribution < 1.29 is 13.9 Å². The van der Waals surface area contributed by atoms with E-state index in [1.807, 2.05) is 26.0 Å². The number of nitrogens with one attached hydrogen (secondary N) is 1. The molecule has 0 bridgehead atoms. The quantitative estimate of drug-likeness (QED) is 0.428. The summed E-state index contributed by atoms with van der Waals surface area (Å²) in [6, 6.07) is 3.83. The Labute approximate surface area is 182 Å². The zero-order chi connectivity index (χ0) is 21.3. The van der Waals surface area contributed by atoms with Crippen molar-refractivity contribution in [2.24, 2.45) is 5.92 Å². The number of anilines is 1. The summed E-state index contributed by atoms with van der Waals surface area (Å²) in [5, 5.41) is 12.5. The zero-order valence-corrected chi connectivity index (χ0v) is 19.0. The Hall–Kier alpha value is -2.00. The smallest absolute Gasteiger partial charge is 0.230 e. The minimum absolute atomic E-state index is 0.00885. The normalized spacial score (nSPS) is 15.1. The highest BCUT2D eigenvalue weighted by atomic mass is 32.2. The number of ether oxygens (including phenoxy) is 1. The number of thioether (sulfide) groups is 1. The van der Waals surface area contributed by atoms with Crippen molar-refractivity contribution in [2.45, 2.75) is 57.8 Å². The van der Waals surface area contributed by atoms with Crippen LogP contribution < -0.4 is 10.2 Å². The molecule has 1 saturated heterocycles. The molecule has 0 radical (unpaired) electrons. The summed E-state index contributed by atoms with van der Waals surface area (Å²) in [4.78, 5) is 14.5. The molecule has 0 spiro atoms. The molecule has 8 nitrogen and oxygen atoms in total. The molecule has 166 valence electrons. The lowest BCUT2D eigenvalue weighted by atomic mass is 10.00. The average molecular weight is 436 g/mol. The van der Waals surface area contributed by atoms with Crippen molar-refractivity contribution in [1.29, 1.82) is 0 Å². The Morgan fingerprint density at radius 3 is 2.87 bits per heavy atom. The van der Waals surface area contributed by atoms with Crippen LogP contribution in [0.2, 0.25) is 0 Å². The SMILES string of the molecule is CC1CCN(c2nnc(SCC(=O)NCCCOC(C)C)n2Cc2ccco2)CC1. The molecule has 0 unspecified atom stereocenters. The molecule has 0 saturated carbocycles. The molecule has 2 aromatic heterocycles. The first-order valence-corrected chi connectivity index (χ1v) is 11.7. The maximum absolute atomic E-state index is 12.2. The zero-order valence-electron chi connectivity index (χ0n) is 18.2. The topological polar surface area (TPSA) is 85.4 Å². The van der Waals surface area contributed by atoms with Gasteiger partial charge in [0.2, 0.25) is 11.9 Å². The molecule has 0 aromatic carbocycles. The molecule has 30 heavy (non-hydrogen) atoms. The molecule has 3 heterocycles. The number of nitrogens with zero attached hydrogens (tertiary/aromatic N) is 4. The van der Waals surface area contributed by atoms with E-state index in [0.29, 0.717) is 25.4 Å². The molecule has 0 atom stereocenters. The third-order valence-corrected chi connectivity index (χ3v) is 6.05. The molecular weight excluding hydrogens is 402 g/mol. The maximum atomic E-state index is 12.2. The van der Waals surface area contributed by atoms with Crippen molar-refractivity contribution in [1.82, 2.24) is 20.1 Å². The first-order chi connectivity index (χ1) is 14.5. The van der Waals surface area contributed by atoms with E-state index >= 15 is 0 Å². The number of piperidine rings is 1. The second kappa shape index (κ2) is 11.4. The summed E-state index contributed by atoms with van der Waals surface area (Å²) in [5.41, 5.74) is 0. The van der Waals surface area contributed by atoms with E-state index in [4.69, 9.17) is 9.15 Å². The van der Waals surface area contributed by atoms with Gasteiger partial charge in [-0.15, -0.1) is 10.2 Å². The van der Waals surface area contributed by atoms with Gasteiger partial charge in [-0.3, -0.25) is 9.36 Å². The van der Waals surface area contributed by atoms with Gasteiger partial charge in [0.15, 0.2) is 5.16 Å². The van der Waals surface area contributed by atoms with E-state index < -0.39 is 0 Å². The first kappa shape index (κ1) is 22.7. The number of rotatable bonds is 11. The van der Waals surface area contributed by atoms with Gasteiger partial charge in [0.25, 0.3) is 0 Å². The minimum atomic E-state index is -0.00885. The Kier molecular flexibility index (Phi) is 8.62. The Morgan fingerprint density at radius 2 is 2.17 bits per heavy atom. The molecule has 1 N–H and O–H groups in total. The summed E-state index contributed by atoms with van der Waals surface area (Å²) in [6.07, 6.45) is 5.00. The largest absolute Gasteiger partial charge is 0.467 e. The minimum Gasteiger partial charge on any atom is -0.467 e. The van der Waals surface area contributed by atoms with Crippen LogP contribution in [0.4, 0.5) is 5.95 Å². The predicted octanol–water partition coefficient (Wildman–Crippen LogP) is 3.18. The average Bonchev–Trinajstić information content (AvgIpc) is 3.37. The highest BCUT2D eigenvalue weighted by Gasteiger charge is 2.23.